The van der Waals surface area contributed by atoms with Gasteiger partial charge in [0.05, 0.1) is 0 Å². The molecule has 0 bridgehead atoms. The standard InChI is InChI=1S/C14H30N2/c1-5-14(6-2,11-15)16-9-7-13(8-10-16)12(3)4/h12-13H,5-11,15H2,1-4H3. The van der Waals surface area contributed by atoms with Crippen molar-refractivity contribution in [3.63, 3.8) is 0 Å². The molecule has 0 aliphatic carbocycles. The van der Waals surface area contributed by atoms with Gasteiger partial charge < -0.3 is 5.73 Å². The van der Waals surface area contributed by atoms with Crippen LogP contribution in [-0.4, -0.2) is 30.1 Å². The van der Waals surface area contributed by atoms with E-state index in [0.29, 0.717) is 0 Å². The van der Waals surface area contributed by atoms with Gasteiger partial charge in [0.15, 0.2) is 0 Å². The average Bonchev–Trinajstić information content (AvgIpc) is 2.33. The lowest BCUT2D eigenvalue weighted by molar-refractivity contribution is 0.0398. The van der Waals surface area contributed by atoms with E-state index >= 15 is 0 Å². The van der Waals surface area contributed by atoms with Gasteiger partial charge in [-0.3, -0.25) is 4.90 Å². The largest absolute Gasteiger partial charge is 0.329 e. The van der Waals surface area contributed by atoms with Crippen molar-refractivity contribution >= 4 is 0 Å². The lowest BCUT2D eigenvalue weighted by Gasteiger charge is -2.46. The molecule has 0 aromatic carbocycles. The molecule has 0 atom stereocenters. The molecule has 1 saturated heterocycles. The molecule has 0 amide bonds. The van der Waals surface area contributed by atoms with Crippen molar-refractivity contribution in [2.75, 3.05) is 19.6 Å². The number of piperidine rings is 1. The Kier molecular flexibility index (Phi) is 5.26. The lowest BCUT2D eigenvalue weighted by atomic mass is 9.82. The van der Waals surface area contributed by atoms with Crippen LogP contribution in [0.4, 0.5) is 0 Å². The Morgan fingerprint density at radius 3 is 2.00 bits per heavy atom. The molecular formula is C14H30N2. The number of likely N-dealkylation sites (tertiary alicyclic amines) is 1. The summed E-state index contributed by atoms with van der Waals surface area (Å²) in [6.07, 6.45) is 5.09. The number of hydrogen-bond donors (Lipinski definition) is 1. The van der Waals surface area contributed by atoms with Gasteiger partial charge in [-0.2, -0.15) is 0 Å². The summed E-state index contributed by atoms with van der Waals surface area (Å²) in [5, 5.41) is 0. The smallest absolute Gasteiger partial charge is 0.0326 e. The van der Waals surface area contributed by atoms with Crippen molar-refractivity contribution in [1.29, 1.82) is 0 Å². The van der Waals surface area contributed by atoms with E-state index < -0.39 is 0 Å². The van der Waals surface area contributed by atoms with Crippen LogP contribution in [0.15, 0.2) is 0 Å². The van der Waals surface area contributed by atoms with Crippen molar-refractivity contribution in [3.8, 4) is 0 Å². The van der Waals surface area contributed by atoms with E-state index in [-0.39, 0.29) is 5.54 Å². The second-order valence-corrected chi connectivity index (χ2v) is 5.70. The third-order valence-corrected chi connectivity index (χ3v) is 4.85. The molecule has 0 aromatic rings. The third-order valence-electron chi connectivity index (χ3n) is 4.85. The van der Waals surface area contributed by atoms with Crippen molar-refractivity contribution in [1.82, 2.24) is 4.90 Å². The van der Waals surface area contributed by atoms with Crippen LogP contribution in [0.25, 0.3) is 0 Å². The number of rotatable bonds is 5. The van der Waals surface area contributed by atoms with Crippen LogP contribution in [-0.2, 0) is 0 Å². The molecule has 0 aromatic heterocycles. The molecule has 2 nitrogen and oxygen atoms in total. The van der Waals surface area contributed by atoms with E-state index in [0.717, 1.165) is 18.4 Å². The second-order valence-electron chi connectivity index (χ2n) is 5.70. The van der Waals surface area contributed by atoms with Gasteiger partial charge in [-0.15, -0.1) is 0 Å². The monoisotopic (exact) mass is 226 g/mol. The van der Waals surface area contributed by atoms with Gasteiger partial charge in [0.1, 0.15) is 0 Å². The maximum absolute atomic E-state index is 6.01. The van der Waals surface area contributed by atoms with Crippen molar-refractivity contribution < 1.29 is 0 Å². The Bertz CT molecular complexity index is 181. The van der Waals surface area contributed by atoms with Crippen LogP contribution in [0.5, 0.6) is 0 Å². The van der Waals surface area contributed by atoms with Crippen LogP contribution >= 0.6 is 0 Å². The molecule has 16 heavy (non-hydrogen) atoms. The lowest BCUT2D eigenvalue weighted by Crippen LogP contribution is -2.55. The molecule has 0 saturated carbocycles. The van der Waals surface area contributed by atoms with E-state index in [1.54, 1.807) is 0 Å². The van der Waals surface area contributed by atoms with Crippen LogP contribution in [0.3, 0.4) is 0 Å². The van der Waals surface area contributed by atoms with Crippen molar-refractivity contribution in [2.45, 2.75) is 58.9 Å². The van der Waals surface area contributed by atoms with Crippen LogP contribution < -0.4 is 5.73 Å². The molecule has 1 rings (SSSR count). The van der Waals surface area contributed by atoms with Crippen molar-refractivity contribution in [3.05, 3.63) is 0 Å². The maximum atomic E-state index is 6.01. The average molecular weight is 226 g/mol. The zero-order chi connectivity index (χ0) is 12.2. The summed E-state index contributed by atoms with van der Waals surface area (Å²) < 4.78 is 0. The molecule has 96 valence electrons. The van der Waals surface area contributed by atoms with Gasteiger partial charge in [0, 0.05) is 12.1 Å². The molecule has 0 spiro atoms. The van der Waals surface area contributed by atoms with Gasteiger partial charge in [-0.25, -0.2) is 0 Å². The van der Waals surface area contributed by atoms with Crippen LogP contribution in [0, 0.1) is 11.8 Å². The fourth-order valence-electron chi connectivity index (χ4n) is 3.16. The minimum Gasteiger partial charge on any atom is -0.329 e. The first-order valence-electron chi connectivity index (χ1n) is 7.04. The normalized spacial score (nSPS) is 20.6. The minimum atomic E-state index is 0.280. The second kappa shape index (κ2) is 6.02. The summed E-state index contributed by atoms with van der Waals surface area (Å²) in [6.45, 7) is 12.6. The highest BCUT2D eigenvalue weighted by atomic mass is 15.2. The number of nitrogens with two attached hydrogens (primary N) is 1. The summed E-state index contributed by atoms with van der Waals surface area (Å²) in [5.74, 6) is 1.78. The third kappa shape index (κ3) is 2.78. The molecule has 1 heterocycles. The van der Waals surface area contributed by atoms with E-state index in [1.165, 1.54) is 38.8 Å². The summed E-state index contributed by atoms with van der Waals surface area (Å²) in [6, 6.07) is 0. The fourth-order valence-corrected chi connectivity index (χ4v) is 3.16. The van der Waals surface area contributed by atoms with Gasteiger partial charge >= 0.3 is 0 Å². The van der Waals surface area contributed by atoms with Gasteiger partial charge in [-0.05, 0) is 50.6 Å². The quantitative estimate of drug-likeness (QED) is 0.781. The molecule has 0 radical (unpaired) electrons. The molecule has 2 heteroatoms. The molecule has 0 unspecified atom stereocenters. The zero-order valence-corrected chi connectivity index (χ0v) is 11.6. The summed E-state index contributed by atoms with van der Waals surface area (Å²) in [4.78, 5) is 2.66. The number of hydrogen-bond acceptors (Lipinski definition) is 2. The highest BCUT2D eigenvalue weighted by molar-refractivity contribution is 4.92. The van der Waals surface area contributed by atoms with Gasteiger partial charge in [0.25, 0.3) is 0 Å². The molecule has 1 aliphatic heterocycles. The molecule has 1 fully saturated rings. The van der Waals surface area contributed by atoms with Gasteiger partial charge in [-0.1, -0.05) is 27.7 Å². The predicted octanol–water partition coefficient (Wildman–Crippen LogP) is 2.87. The first-order chi connectivity index (χ1) is 7.59. The first-order valence-corrected chi connectivity index (χ1v) is 7.04. The molecular weight excluding hydrogens is 196 g/mol. The summed E-state index contributed by atoms with van der Waals surface area (Å²) in [7, 11) is 0. The Morgan fingerprint density at radius 1 is 1.19 bits per heavy atom. The first kappa shape index (κ1) is 14.0. The van der Waals surface area contributed by atoms with E-state index in [2.05, 4.69) is 32.6 Å². The SMILES string of the molecule is CCC(CC)(CN)N1CCC(C(C)C)CC1. The molecule has 1 aliphatic rings. The molecule has 2 N–H and O–H groups in total. The maximum Gasteiger partial charge on any atom is 0.0326 e. The Hall–Kier alpha value is -0.0800. The van der Waals surface area contributed by atoms with Crippen LogP contribution in [0.2, 0.25) is 0 Å². The Labute approximate surface area is 102 Å². The van der Waals surface area contributed by atoms with E-state index in [9.17, 15) is 0 Å². The number of nitrogens with zero attached hydrogens (tertiary/aromatic N) is 1. The topological polar surface area (TPSA) is 29.3 Å². The highest BCUT2D eigenvalue weighted by Crippen LogP contribution is 2.31. The van der Waals surface area contributed by atoms with E-state index in [1.807, 2.05) is 0 Å². The Morgan fingerprint density at radius 2 is 1.69 bits per heavy atom. The van der Waals surface area contributed by atoms with Gasteiger partial charge in [0.2, 0.25) is 0 Å². The predicted molar refractivity (Wildman–Crippen MR) is 71.5 cm³/mol. The van der Waals surface area contributed by atoms with E-state index in [4.69, 9.17) is 5.73 Å². The zero-order valence-electron chi connectivity index (χ0n) is 11.6. The highest BCUT2D eigenvalue weighted by Gasteiger charge is 2.34. The van der Waals surface area contributed by atoms with Crippen LogP contribution in [0.1, 0.15) is 53.4 Å². The Balaban J connectivity index is 2.57. The minimum absolute atomic E-state index is 0.280. The van der Waals surface area contributed by atoms with Crippen molar-refractivity contribution in [2.24, 2.45) is 17.6 Å². The summed E-state index contributed by atoms with van der Waals surface area (Å²) in [5.41, 5.74) is 6.29. The summed E-state index contributed by atoms with van der Waals surface area (Å²) >= 11 is 0. The fraction of sp³-hybridized carbons (Fsp3) is 1.00.